The van der Waals surface area contributed by atoms with E-state index in [1.54, 1.807) is 12.3 Å². The van der Waals surface area contributed by atoms with E-state index in [0.29, 0.717) is 23.6 Å². The van der Waals surface area contributed by atoms with Crippen LogP contribution in [0, 0.1) is 0 Å². The van der Waals surface area contributed by atoms with Crippen LogP contribution in [-0.2, 0) is 6.42 Å². The number of hydrogen-bond donors (Lipinski definition) is 3. The first-order chi connectivity index (χ1) is 13.7. The zero-order valence-corrected chi connectivity index (χ0v) is 14.9. The molecule has 0 saturated heterocycles. The second kappa shape index (κ2) is 6.58. The van der Waals surface area contributed by atoms with E-state index in [0.717, 1.165) is 22.0 Å². The summed E-state index contributed by atoms with van der Waals surface area (Å²) < 4.78 is 0. The Balaban J connectivity index is 1.61. The SMILES string of the molecule is Oc1ccc(-c2nc(N[C@H]3c4ccccc4C[C@H]3O)c3ccccc3n2)cn1. The van der Waals surface area contributed by atoms with Crippen LogP contribution in [0.4, 0.5) is 5.82 Å². The summed E-state index contributed by atoms with van der Waals surface area (Å²) in [6.07, 6.45) is 1.64. The van der Waals surface area contributed by atoms with Crippen molar-refractivity contribution in [1.29, 1.82) is 0 Å². The molecule has 0 saturated carbocycles. The Morgan fingerprint density at radius 3 is 2.61 bits per heavy atom. The van der Waals surface area contributed by atoms with Gasteiger partial charge in [-0.15, -0.1) is 0 Å². The fraction of sp³-hybridized carbons (Fsp3) is 0.136. The Labute approximate surface area is 161 Å². The largest absolute Gasteiger partial charge is 0.493 e. The monoisotopic (exact) mass is 370 g/mol. The molecule has 2 atom stereocenters. The second-order valence-corrected chi connectivity index (χ2v) is 6.91. The highest BCUT2D eigenvalue weighted by atomic mass is 16.3. The van der Waals surface area contributed by atoms with Crippen molar-refractivity contribution in [2.24, 2.45) is 0 Å². The molecule has 138 valence electrons. The van der Waals surface area contributed by atoms with Gasteiger partial charge in [-0.3, -0.25) is 0 Å². The fourth-order valence-corrected chi connectivity index (χ4v) is 3.73. The van der Waals surface area contributed by atoms with Gasteiger partial charge in [0, 0.05) is 29.6 Å². The van der Waals surface area contributed by atoms with Crippen LogP contribution in [0.3, 0.4) is 0 Å². The number of para-hydroxylation sites is 1. The van der Waals surface area contributed by atoms with Crippen molar-refractivity contribution in [3.05, 3.63) is 78.0 Å². The molecule has 0 bridgehead atoms. The van der Waals surface area contributed by atoms with E-state index in [1.165, 1.54) is 6.07 Å². The van der Waals surface area contributed by atoms with E-state index in [-0.39, 0.29) is 11.9 Å². The average Bonchev–Trinajstić information content (AvgIpc) is 3.04. The smallest absolute Gasteiger partial charge is 0.210 e. The third-order valence-corrected chi connectivity index (χ3v) is 5.11. The minimum atomic E-state index is -0.523. The van der Waals surface area contributed by atoms with E-state index in [9.17, 15) is 10.2 Å². The predicted molar refractivity (Wildman–Crippen MR) is 107 cm³/mol. The number of nitrogens with one attached hydrogen (secondary N) is 1. The number of anilines is 1. The number of nitrogens with zero attached hydrogens (tertiary/aromatic N) is 3. The Bertz CT molecular complexity index is 1160. The van der Waals surface area contributed by atoms with Crippen LogP contribution in [0.5, 0.6) is 5.88 Å². The van der Waals surface area contributed by atoms with Crippen molar-refractivity contribution in [3.63, 3.8) is 0 Å². The minimum Gasteiger partial charge on any atom is -0.493 e. The maximum Gasteiger partial charge on any atom is 0.210 e. The number of aromatic nitrogens is 3. The molecule has 0 fully saturated rings. The molecule has 1 aliphatic rings. The highest BCUT2D eigenvalue weighted by Crippen LogP contribution is 2.35. The van der Waals surface area contributed by atoms with Gasteiger partial charge >= 0.3 is 0 Å². The molecule has 6 heteroatoms. The fourth-order valence-electron chi connectivity index (χ4n) is 3.73. The highest BCUT2D eigenvalue weighted by molar-refractivity contribution is 5.90. The molecule has 28 heavy (non-hydrogen) atoms. The normalized spacial score (nSPS) is 18.2. The maximum atomic E-state index is 10.6. The first kappa shape index (κ1) is 16.6. The Hall–Kier alpha value is -3.51. The molecule has 0 spiro atoms. The quantitative estimate of drug-likeness (QED) is 0.512. The number of benzene rings is 2. The summed E-state index contributed by atoms with van der Waals surface area (Å²) in [5.41, 5.74) is 3.74. The van der Waals surface area contributed by atoms with E-state index in [1.807, 2.05) is 48.5 Å². The third kappa shape index (κ3) is 2.84. The molecule has 0 radical (unpaired) electrons. The lowest BCUT2D eigenvalue weighted by Crippen LogP contribution is -2.22. The standard InChI is InChI=1S/C22H18N4O2/c27-18-11-13-5-1-2-6-15(13)20(18)25-22-16-7-3-4-8-17(16)24-21(26-22)14-9-10-19(28)23-12-14/h1-10,12,18,20,27H,11H2,(H,23,28)(H,24,25,26)/t18-,20+/m1/s1. The molecule has 6 nitrogen and oxygen atoms in total. The summed E-state index contributed by atoms with van der Waals surface area (Å²) in [5, 5.41) is 24.4. The number of pyridine rings is 1. The zero-order chi connectivity index (χ0) is 19.1. The second-order valence-electron chi connectivity index (χ2n) is 6.91. The van der Waals surface area contributed by atoms with Crippen LogP contribution in [0.1, 0.15) is 17.2 Å². The molecule has 0 amide bonds. The van der Waals surface area contributed by atoms with Crippen LogP contribution in [0.25, 0.3) is 22.3 Å². The van der Waals surface area contributed by atoms with E-state index in [4.69, 9.17) is 4.98 Å². The summed E-state index contributed by atoms with van der Waals surface area (Å²) in [6.45, 7) is 0. The molecular formula is C22H18N4O2. The molecule has 0 aliphatic heterocycles. The average molecular weight is 370 g/mol. The van der Waals surface area contributed by atoms with Crippen molar-refractivity contribution < 1.29 is 10.2 Å². The lowest BCUT2D eigenvalue weighted by molar-refractivity contribution is 0.165. The van der Waals surface area contributed by atoms with Crippen molar-refractivity contribution in [2.45, 2.75) is 18.6 Å². The van der Waals surface area contributed by atoms with E-state index < -0.39 is 6.10 Å². The van der Waals surface area contributed by atoms with Crippen molar-refractivity contribution in [3.8, 4) is 17.3 Å². The molecule has 0 unspecified atom stereocenters. The molecule has 5 rings (SSSR count). The molecule has 3 N–H and O–H groups in total. The Morgan fingerprint density at radius 1 is 0.929 bits per heavy atom. The lowest BCUT2D eigenvalue weighted by Gasteiger charge is -2.20. The predicted octanol–water partition coefficient (Wildman–Crippen LogP) is 3.47. The first-order valence-corrected chi connectivity index (χ1v) is 9.13. The van der Waals surface area contributed by atoms with Gasteiger partial charge in [-0.05, 0) is 29.3 Å². The Morgan fingerprint density at radius 2 is 1.75 bits per heavy atom. The number of aliphatic hydroxyl groups excluding tert-OH is 1. The maximum absolute atomic E-state index is 10.6. The van der Waals surface area contributed by atoms with Gasteiger partial charge in [0.25, 0.3) is 0 Å². The van der Waals surface area contributed by atoms with Crippen LogP contribution >= 0.6 is 0 Å². The molecular weight excluding hydrogens is 352 g/mol. The molecule has 2 aromatic carbocycles. The van der Waals surface area contributed by atoms with Crippen molar-refractivity contribution in [2.75, 3.05) is 5.32 Å². The van der Waals surface area contributed by atoms with Gasteiger partial charge in [0.2, 0.25) is 5.88 Å². The molecule has 4 aromatic rings. The number of aromatic hydroxyl groups is 1. The van der Waals surface area contributed by atoms with Gasteiger partial charge < -0.3 is 15.5 Å². The van der Waals surface area contributed by atoms with Gasteiger partial charge in [-0.1, -0.05) is 36.4 Å². The summed E-state index contributed by atoms with van der Waals surface area (Å²) in [6, 6.07) is 18.8. The van der Waals surface area contributed by atoms with Crippen LogP contribution in [-0.4, -0.2) is 31.3 Å². The minimum absolute atomic E-state index is 0.0476. The van der Waals surface area contributed by atoms with Crippen LogP contribution in [0.2, 0.25) is 0 Å². The molecule has 2 aromatic heterocycles. The van der Waals surface area contributed by atoms with Crippen LogP contribution in [0.15, 0.2) is 66.9 Å². The summed E-state index contributed by atoms with van der Waals surface area (Å²) in [7, 11) is 0. The zero-order valence-electron chi connectivity index (χ0n) is 14.9. The number of fused-ring (bicyclic) bond motifs is 2. The highest BCUT2D eigenvalue weighted by Gasteiger charge is 2.31. The van der Waals surface area contributed by atoms with E-state index in [2.05, 4.69) is 15.3 Å². The molecule has 1 aliphatic carbocycles. The van der Waals surface area contributed by atoms with Gasteiger partial charge in [0.05, 0.1) is 17.7 Å². The van der Waals surface area contributed by atoms with Crippen molar-refractivity contribution >= 4 is 16.7 Å². The summed E-state index contributed by atoms with van der Waals surface area (Å²) in [5.74, 6) is 1.12. The Kier molecular flexibility index (Phi) is 3.91. The number of rotatable bonds is 3. The first-order valence-electron chi connectivity index (χ1n) is 9.13. The molecule has 2 heterocycles. The van der Waals surface area contributed by atoms with Crippen molar-refractivity contribution in [1.82, 2.24) is 15.0 Å². The lowest BCUT2D eigenvalue weighted by atomic mass is 10.1. The van der Waals surface area contributed by atoms with Gasteiger partial charge in [-0.25, -0.2) is 15.0 Å². The third-order valence-electron chi connectivity index (χ3n) is 5.11. The number of hydrogen-bond acceptors (Lipinski definition) is 6. The van der Waals surface area contributed by atoms with Gasteiger partial charge in [-0.2, -0.15) is 0 Å². The van der Waals surface area contributed by atoms with Gasteiger partial charge in [0.15, 0.2) is 5.82 Å². The summed E-state index contributed by atoms with van der Waals surface area (Å²) >= 11 is 0. The summed E-state index contributed by atoms with van der Waals surface area (Å²) in [4.78, 5) is 13.3. The van der Waals surface area contributed by atoms with E-state index >= 15 is 0 Å². The topological polar surface area (TPSA) is 91.2 Å². The number of aliphatic hydroxyl groups is 1. The van der Waals surface area contributed by atoms with Crippen LogP contribution < -0.4 is 5.32 Å². The van der Waals surface area contributed by atoms with Gasteiger partial charge in [0.1, 0.15) is 5.82 Å².